The number of nitrogens with zero attached hydrogens (tertiary/aromatic N) is 2. The Kier molecular flexibility index (Phi) is 3.25. The van der Waals surface area contributed by atoms with E-state index in [-0.39, 0.29) is 0 Å². The van der Waals surface area contributed by atoms with Crippen LogP contribution in [0.25, 0.3) is 10.2 Å². The fourth-order valence-electron chi connectivity index (χ4n) is 2.32. The molecule has 1 amide bonds. The van der Waals surface area contributed by atoms with Gasteiger partial charge in [0, 0.05) is 11.3 Å². The van der Waals surface area contributed by atoms with E-state index in [2.05, 4.69) is 9.97 Å². The van der Waals surface area contributed by atoms with Crippen LogP contribution in [-0.4, -0.2) is 30.5 Å². The van der Waals surface area contributed by atoms with Crippen LogP contribution >= 0.6 is 11.3 Å². The molecule has 6 nitrogen and oxygen atoms in total. The second-order valence-corrected chi connectivity index (χ2v) is 8.13. The first-order valence-electron chi connectivity index (χ1n) is 6.56. The molecular formula is C13H15N3O3S2. The largest absolute Gasteiger partial charge is 0.275 e. The third-order valence-electron chi connectivity index (χ3n) is 3.42. The average molecular weight is 325 g/mol. The summed E-state index contributed by atoms with van der Waals surface area (Å²) in [4.78, 5) is 22.2. The number of fused-ring (bicyclic) bond motifs is 1. The molecular weight excluding hydrogens is 310 g/mol. The summed E-state index contributed by atoms with van der Waals surface area (Å²) in [6, 6.07) is 0. The minimum atomic E-state index is -3.58. The summed E-state index contributed by atoms with van der Waals surface area (Å²) in [5.41, 5.74) is 1.57. The lowest BCUT2D eigenvalue weighted by molar-refractivity contribution is 0.0985. The molecule has 0 atom stereocenters. The molecule has 0 aliphatic heterocycles. The second-order valence-electron chi connectivity index (χ2n) is 5.38. The van der Waals surface area contributed by atoms with Crippen molar-refractivity contribution in [2.45, 2.75) is 32.6 Å². The Morgan fingerprint density at radius 2 is 1.95 bits per heavy atom. The smallest absolute Gasteiger partial charge is 0.267 e. The second kappa shape index (κ2) is 4.74. The summed E-state index contributed by atoms with van der Waals surface area (Å²) in [6.07, 6.45) is 3.18. The lowest BCUT2D eigenvalue weighted by atomic mass is 10.1. The number of aromatic nitrogens is 2. The Morgan fingerprint density at radius 3 is 2.52 bits per heavy atom. The number of sulfonamides is 1. The van der Waals surface area contributed by atoms with Gasteiger partial charge in [-0.05, 0) is 32.3 Å². The first kappa shape index (κ1) is 14.4. The van der Waals surface area contributed by atoms with E-state index in [1.165, 1.54) is 11.3 Å². The number of carbonyl (C=O) groups is 1. The van der Waals surface area contributed by atoms with Crippen molar-refractivity contribution in [1.82, 2.24) is 14.7 Å². The van der Waals surface area contributed by atoms with E-state index >= 15 is 0 Å². The van der Waals surface area contributed by atoms with Crippen LogP contribution in [0.15, 0.2) is 0 Å². The molecule has 3 rings (SSSR count). The van der Waals surface area contributed by atoms with Gasteiger partial charge in [0.2, 0.25) is 10.0 Å². The molecule has 1 saturated carbocycles. The molecule has 1 aliphatic carbocycles. The van der Waals surface area contributed by atoms with Crippen LogP contribution in [0.4, 0.5) is 0 Å². The fraction of sp³-hybridized carbons (Fsp3) is 0.462. The molecule has 0 unspecified atom stereocenters. The van der Waals surface area contributed by atoms with Crippen LogP contribution in [-0.2, 0) is 10.0 Å². The molecule has 2 heterocycles. The quantitative estimate of drug-likeness (QED) is 0.930. The normalized spacial score (nSPS) is 15.4. The van der Waals surface area contributed by atoms with Crippen molar-refractivity contribution in [2.24, 2.45) is 0 Å². The predicted octanol–water partition coefficient (Wildman–Crippen LogP) is 1.87. The molecule has 112 valence electrons. The highest BCUT2D eigenvalue weighted by Gasteiger charge is 2.28. The molecule has 0 aromatic carbocycles. The summed E-state index contributed by atoms with van der Waals surface area (Å²) in [5.74, 6) is 0.658. The standard InChI is InChI=1S/C13H15N3O3S2/c1-6-9-7(2)14-11(8-4-5-8)15-13(9)20-10(6)12(17)16-21(3,18)19/h8H,4-5H2,1-3H3,(H,16,17). The first-order valence-corrected chi connectivity index (χ1v) is 9.27. The van der Waals surface area contributed by atoms with Gasteiger partial charge in [-0.3, -0.25) is 4.79 Å². The number of rotatable bonds is 3. The van der Waals surface area contributed by atoms with Gasteiger partial charge in [-0.2, -0.15) is 0 Å². The Hall–Kier alpha value is -1.54. The fourth-order valence-corrected chi connectivity index (χ4v) is 3.95. The minimum absolute atomic E-state index is 0.376. The molecule has 1 aliphatic rings. The lowest BCUT2D eigenvalue weighted by Gasteiger charge is -2.02. The van der Waals surface area contributed by atoms with Gasteiger partial charge in [0.25, 0.3) is 5.91 Å². The third kappa shape index (κ3) is 2.77. The van der Waals surface area contributed by atoms with Crippen molar-refractivity contribution in [3.8, 4) is 0 Å². The maximum Gasteiger partial charge on any atom is 0.275 e. The van der Waals surface area contributed by atoms with Crippen molar-refractivity contribution >= 4 is 37.5 Å². The average Bonchev–Trinajstić information content (AvgIpc) is 3.12. The monoisotopic (exact) mass is 325 g/mol. The van der Waals surface area contributed by atoms with Crippen LogP contribution < -0.4 is 4.72 Å². The zero-order valence-electron chi connectivity index (χ0n) is 11.9. The molecule has 0 saturated heterocycles. The molecule has 0 radical (unpaired) electrons. The summed E-state index contributed by atoms with van der Waals surface area (Å²) in [5, 5.41) is 0.850. The molecule has 0 spiro atoms. The van der Waals surface area contributed by atoms with Crippen molar-refractivity contribution in [1.29, 1.82) is 0 Å². The van der Waals surface area contributed by atoms with Crippen molar-refractivity contribution in [2.75, 3.05) is 6.26 Å². The Morgan fingerprint density at radius 1 is 1.29 bits per heavy atom. The Bertz CT molecular complexity index is 851. The number of hydrogen-bond donors (Lipinski definition) is 1. The number of carbonyl (C=O) groups excluding carboxylic acids is 1. The van der Waals surface area contributed by atoms with Crippen LogP contribution in [0.3, 0.4) is 0 Å². The van der Waals surface area contributed by atoms with Gasteiger partial charge in [0.05, 0.1) is 16.8 Å². The van der Waals surface area contributed by atoms with E-state index in [4.69, 9.17) is 0 Å². The predicted molar refractivity (Wildman–Crippen MR) is 81.2 cm³/mol. The van der Waals surface area contributed by atoms with Crippen molar-refractivity contribution < 1.29 is 13.2 Å². The SMILES string of the molecule is Cc1nc(C2CC2)nc2sc(C(=O)NS(C)(=O)=O)c(C)c12. The van der Waals surface area contributed by atoms with Crippen LogP contribution in [0.1, 0.15) is 45.5 Å². The van der Waals surface area contributed by atoms with Gasteiger partial charge in [-0.25, -0.2) is 23.1 Å². The molecule has 0 bridgehead atoms. The maximum absolute atomic E-state index is 12.1. The van der Waals surface area contributed by atoms with Crippen LogP contribution in [0, 0.1) is 13.8 Å². The highest BCUT2D eigenvalue weighted by molar-refractivity contribution is 7.89. The van der Waals surface area contributed by atoms with E-state index in [1.54, 1.807) is 6.92 Å². The molecule has 8 heteroatoms. The topological polar surface area (TPSA) is 89.0 Å². The Balaban J connectivity index is 2.10. The van der Waals surface area contributed by atoms with Crippen molar-refractivity contribution in [3.05, 3.63) is 22.0 Å². The van der Waals surface area contributed by atoms with Gasteiger partial charge in [-0.15, -0.1) is 11.3 Å². The van der Waals surface area contributed by atoms with Crippen LogP contribution in [0.5, 0.6) is 0 Å². The summed E-state index contributed by atoms with van der Waals surface area (Å²) < 4.78 is 24.4. The molecule has 1 fully saturated rings. The zero-order chi connectivity index (χ0) is 15.4. The molecule has 2 aromatic rings. The third-order valence-corrected chi connectivity index (χ3v) is 5.16. The molecule has 2 aromatic heterocycles. The number of thiophene rings is 1. The number of nitrogens with one attached hydrogen (secondary N) is 1. The highest BCUT2D eigenvalue weighted by Crippen LogP contribution is 2.40. The molecule has 21 heavy (non-hydrogen) atoms. The minimum Gasteiger partial charge on any atom is -0.267 e. The van der Waals surface area contributed by atoms with E-state index in [0.717, 1.165) is 46.4 Å². The number of amides is 1. The summed E-state index contributed by atoms with van der Waals surface area (Å²) in [6.45, 7) is 3.69. The van der Waals surface area contributed by atoms with Crippen molar-refractivity contribution in [3.63, 3.8) is 0 Å². The number of hydrogen-bond acceptors (Lipinski definition) is 6. The lowest BCUT2D eigenvalue weighted by Crippen LogP contribution is -2.29. The number of aryl methyl sites for hydroxylation is 2. The Labute approximate surface area is 126 Å². The van der Waals surface area contributed by atoms with E-state index < -0.39 is 15.9 Å². The highest BCUT2D eigenvalue weighted by atomic mass is 32.2. The van der Waals surface area contributed by atoms with E-state index in [1.807, 2.05) is 11.6 Å². The maximum atomic E-state index is 12.1. The van der Waals surface area contributed by atoms with E-state index in [9.17, 15) is 13.2 Å². The van der Waals surface area contributed by atoms with Gasteiger partial charge in [0.1, 0.15) is 10.7 Å². The van der Waals surface area contributed by atoms with Gasteiger partial charge >= 0.3 is 0 Å². The van der Waals surface area contributed by atoms with Gasteiger partial charge < -0.3 is 0 Å². The van der Waals surface area contributed by atoms with Gasteiger partial charge in [0.15, 0.2) is 0 Å². The van der Waals surface area contributed by atoms with Crippen LogP contribution in [0.2, 0.25) is 0 Å². The van der Waals surface area contributed by atoms with E-state index in [0.29, 0.717) is 10.8 Å². The summed E-state index contributed by atoms with van der Waals surface area (Å²) >= 11 is 1.22. The zero-order valence-corrected chi connectivity index (χ0v) is 13.6. The first-order chi connectivity index (χ1) is 9.76. The molecule has 1 N–H and O–H groups in total. The summed E-state index contributed by atoms with van der Waals surface area (Å²) in [7, 11) is -3.58. The van der Waals surface area contributed by atoms with Gasteiger partial charge in [-0.1, -0.05) is 0 Å².